The summed E-state index contributed by atoms with van der Waals surface area (Å²) in [6, 6.07) is 6.41. The number of hydrogen-bond acceptors (Lipinski definition) is 2. The van der Waals surface area contributed by atoms with Gasteiger partial charge in [0, 0.05) is 7.11 Å². The molecule has 1 aromatic rings. The number of rotatable bonds is 6. The Balaban J connectivity index is 3.09. The number of benzene rings is 1. The molecule has 0 aliphatic carbocycles. The lowest BCUT2D eigenvalue weighted by Crippen LogP contribution is -2.42. The molecule has 0 N–H and O–H groups in total. The number of ether oxygens (including phenoxy) is 2. The first-order valence-electron chi connectivity index (χ1n) is 6.56. The smallest absolute Gasteiger partial charge is 0.359 e. The van der Waals surface area contributed by atoms with Crippen molar-refractivity contribution in [3.63, 3.8) is 0 Å². The van der Waals surface area contributed by atoms with E-state index in [1.165, 1.54) is 19.2 Å². The molecule has 114 valence electrons. The summed E-state index contributed by atoms with van der Waals surface area (Å²) in [5, 5.41) is 0. The van der Waals surface area contributed by atoms with Crippen LogP contribution in [0, 0.1) is 0 Å². The average molecular weight is 290 g/mol. The lowest BCUT2D eigenvalue weighted by atomic mass is 9.91. The zero-order valence-electron chi connectivity index (χ0n) is 12.3. The van der Waals surface area contributed by atoms with E-state index in [9.17, 15) is 13.2 Å². The third-order valence-corrected chi connectivity index (χ3v) is 3.65. The molecule has 0 saturated carbocycles. The van der Waals surface area contributed by atoms with Gasteiger partial charge >= 0.3 is 6.18 Å². The zero-order chi connectivity index (χ0) is 15.4. The molecule has 0 bridgehead atoms. The lowest BCUT2D eigenvalue weighted by molar-refractivity contribution is -0.296. The Morgan fingerprint density at radius 2 is 1.70 bits per heavy atom. The molecule has 0 aliphatic heterocycles. The van der Waals surface area contributed by atoms with Crippen molar-refractivity contribution in [1.82, 2.24) is 0 Å². The third-order valence-electron chi connectivity index (χ3n) is 3.65. The van der Waals surface area contributed by atoms with Crippen molar-refractivity contribution in [2.45, 2.75) is 44.9 Å². The molecule has 0 amide bonds. The minimum atomic E-state index is -4.51. The van der Waals surface area contributed by atoms with Crippen LogP contribution in [0.25, 0.3) is 0 Å². The van der Waals surface area contributed by atoms with E-state index in [-0.39, 0.29) is 5.56 Å². The minimum absolute atomic E-state index is 0.0779. The second-order valence-electron chi connectivity index (χ2n) is 5.01. The first kappa shape index (κ1) is 17.0. The van der Waals surface area contributed by atoms with Gasteiger partial charge in [-0.15, -0.1) is 0 Å². The van der Waals surface area contributed by atoms with E-state index in [0.717, 1.165) is 18.9 Å². The van der Waals surface area contributed by atoms with Crippen LogP contribution in [0.1, 0.15) is 44.2 Å². The first-order valence-corrected chi connectivity index (χ1v) is 6.56. The van der Waals surface area contributed by atoms with Crippen LogP contribution in [0.4, 0.5) is 13.2 Å². The molecule has 0 fully saturated rings. The summed E-state index contributed by atoms with van der Waals surface area (Å²) >= 11 is 0. The highest BCUT2D eigenvalue weighted by Gasteiger charge is 2.53. The fraction of sp³-hybridized carbons (Fsp3) is 0.600. The van der Waals surface area contributed by atoms with Gasteiger partial charge in [-0.25, -0.2) is 0 Å². The first-order chi connectivity index (χ1) is 9.26. The molecule has 20 heavy (non-hydrogen) atoms. The van der Waals surface area contributed by atoms with Crippen molar-refractivity contribution in [3.8, 4) is 0 Å². The van der Waals surface area contributed by atoms with Gasteiger partial charge in [-0.2, -0.15) is 13.2 Å². The van der Waals surface area contributed by atoms with E-state index in [0.29, 0.717) is 5.92 Å². The van der Waals surface area contributed by atoms with Crippen molar-refractivity contribution in [2.24, 2.45) is 0 Å². The van der Waals surface area contributed by atoms with Crippen LogP contribution in [0.5, 0.6) is 0 Å². The van der Waals surface area contributed by atoms with Gasteiger partial charge in [0.15, 0.2) is 5.60 Å². The topological polar surface area (TPSA) is 18.5 Å². The Kier molecular flexibility index (Phi) is 5.59. The van der Waals surface area contributed by atoms with Crippen LogP contribution < -0.4 is 0 Å². The Morgan fingerprint density at radius 3 is 2.10 bits per heavy atom. The molecule has 0 heterocycles. The van der Waals surface area contributed by atoms with Crippen molar-refractivity contribution in [3.05, 3.63) is 35.4 Å². The standard InChI is InChI=1S/C15H21F3O2/c1-5-11(2)12-6-8-13(9-7-12)14(3,15(16,17)18)20-10-19-4/h6-9,11H,5,10H2,1-4H3. The van der Waals surface area contributed by atoms with Gasteiger partial charge in [0.2, 0.25) is 0 Å². The maximum absolute atomic E-state index is 13.3. The molecule has 0 saturated heterocycles. The molecule has 1 aromatic carbocycles. The molecule has 2 atom stereocenters. The fourth-order valence-corrected chi connectivity index (χ4v) is 1.87. The molecule has 0 spiro atoms. The van der Waals surface area contributed by atoms with Crippen LogP contribution in [0.2, 0.25) is 0 Å². The van der Waals surface area contributed by atoms with Gasteiger partial charge < -0.3 is 9.47 Å². The predicted octanol–water partition coefficient (Wildman–Crippen LogP) is 4.60. The highest BCUT2D eigenvalue weighted by atomic mass is 19.4. The van der Waals surface area contributed by atoms with Gasteiger partial charge in [-0.3, -0.25) is 0 Å². The second-order valence-corrected chi connectivity index (χ2v) is 5.01. The van der Waals surface area contributed by atoms with Crippen LogP contribution in [-0.2, 0) is 15.1 Å². The van der Waals surface area contributed by atoms with E-state index in [1.54, 1.807) is 12.1 Å². The van der Waals surface area contributed by atoms with E-state index in [1.807, 2.05) is 13.8 Å². The minimum Gasteiger partial charge on any atom is -0.359 e. The second kappa shape index (κ2) is 6.59. The summed E-state index contributed by atoms with van der Waals surface area (Å²) in [6.45, 7) is 4.69. The molecular weight excluding hydrogens is 269 g/mol. The van der Waals surface area contributed by atoms with E-state index in [2.05, 4.69) is 4.74 Å². The Labute approximate surface area is 117 Å². The summed E-state index contributed by atoms with van der Waals surface area (Å²) in [7, 11) is 1.29. The molecule has 0 radical (unpaired) electrons. The van der Waals surface area contributed by atoms with Gasteiger partial charge in [0.25, 0.3) is 0 Å². The number of alkyl halides is 3. The Hall–Kier alpha value is -1.07. The summed E-state index contributed by atoms with van der Waals surface area (Å²) in [5.41, 5.74) is -1.27. The number of hydrogen-bond donors (Lipinski definition) is 0. The summed E-state index contributed by atoms with van der Waals surface area (Å²) in [6.07, 6.45) is -3.57. The zero-order valence-corrected chi connectivity index (χ0v) is 12.3. The molecule has 5 heteroatoms. The molecule has 1 rings (SSSR count). The highest BCUT2D eigenvalue weighted by molar-refractivity contribution is 5.30. The molecule has 2 nitrogen and oxygen atoms in total. The van der Waals surface area contributed by atoms with Gasteiger partial charge in [-0.05, 0) is 30.4 Å². The van der Waals surface area contributed by atoms with E-state index < -0.39 is 18.6 Å². The maximum Gasteiger partial charge on any atom is 0.421 e. The van der Waals surface area contributed by atoms with Crippen LogP contribution in [-0.4, -0.2) is 20.1 Å². The summed E-state index contributed by atoms with van der Waals surface area (Å²) < 4.78 is 49.3. The Morgan fingerprint density at radius 1 is 1.15 bits per heavy atom. The summed E-state index contributed by atoms with van der Waals surface area (Å²) in [5.74, 6) is 0.320. The largest absolute Gasteiger partial charge is 0.421 e. The van der Waals surface area contributed by atoms with Gasteiger partial charge in [0.05, 0.1) is 0 Å². The SMILES string of the molecule is CCC(C)c1ccc(C(C)(OCOC)C(F)(F)F)cc1. The number of methoxy groups -OCH3 is 1. The van der Waals surface area contributed by atoms with E-state index >= 15 is 0 Å². The highest BCUT2D eigenvalue weighted by Crippen LogP contribution is 2.42. The lowest BCUT2D eigenvalue weighted by Gasteiger charge is -2.32. The number of halogens is 3. The van der Waals surface area contributed by atoms with Crippen LogP contribution >= 0.6 is 0 Å². The third kappa shape index (κ3) is 3.52. The quantitative estimate of drug-likeness (QED) is 0.713. The van der Waals surface area contributed by atoms with Gasteiger partial charge in [0.1, 0.15) is 6.79 Å². The molecule has 0 aromatic heterocycles. The summed E-state index contributed by atoms with van der Waals surface area (Å²) in [4.78, 5) is 0. The van der Waals surface area contributed by atoms with Crippen molar-refractivity contribution in [2.75, 3.05) is 13.9 Å². The van der Waals surface area contributed by atoms with Crippen molar-refractivity contribution in [1.29, 1.82) is 0 Å². The Bertz CT molecular complexity index is 414. The van der Waals surface area contributed by atoms with Crippen molar-refractivity contribution >= 4 is 0 Å². The maximum atomic E-state index is 13.3. The van der Waals surface area contributed by atoms with E-state index in [4.69, 9.17) is 4.74 Å². The monoisotopic (exact) mass is 290 g/mol. The molecule has 0 aliphatic rings. The molecular formula is C15H21F3O2. The normalized spacial score (nSPS) is 16.8. The van der Waals surface area contributed by atoms with Gasteiger partial charge in [-0.1, -0.05) is 38.1 Å². The predicted molar refractivity (Wildman–Crippen MR) is 71.5 cm³/mol. The molecule has 2 unspecified atom stereocenters. The fourth-order valence-electron chi connectivity index (χ4n) is 1.87. The average Bonchev–Trinajstić information content (AvgIpc) is 2.42. The van der Waals surface area contributed by atoms with Crippen LogP contribution in [0.3, 0.4) is 0 Å². The van der Waals surface area contributed by atoms with Crippen LogP contribution in [0.15, 0.2) is 24.3 Å². The van der Waals surface area contributed by atoms with Crippen molar-refractivity contribution < 1.29 is 22.6 Å².